The van der Waals surface area contributed by atoms with Crippen LogP contribution in [0.1, 0.15) is 25.5 Å². The summed E-state index contributed by atoms with van der Waals surface area (Å²) in [6, 6.07) is 3.22. The molecule has 76 valence electrons. The fourth-order valence-corrected chi connectivity index (χ4v) is 2.34. The van der Waals surface area contributed by atoms with Gasteiger partial charge in [0, 0.05) is 11.6 Å². The van der Waals surface area contributed by atoms with Crippen LogP contribution in [0.4, 0.5) is 4.39 Å². The summed E-state index contributed by atoms with van der Waals surface area (Å²) in [7, 11) is 0. The smallest absolute Gasteiger partial charge is 0.141 e. The van der Waals surface area contributed by atoms with E-state index in [9.17, 15) is 4.39 Å². The Morgan fingerprint density at radius 3 is 2.64 bits per heavy atom. The molecule has 3 heteroatoms. The van der Waals surface area contributed by atoms with Crippen LogP contribution in [0.3, 0.4) is 0 Å². The van der Waals surface area contributed by atoms with Crippen molar-refractivity contribution in [3.8, 4) is 0 Å². The summed E-state index contributed by atoms with van der Waals surface area (Å²) >= 11 is 0. The average molecular weight is 194 g/mol. The van der Waals surface area contributed by atoms with Crippen LogP contribution in [0.5, 0.6) is 0 Å². The molecule has 0 saturated heterocycles. The number of rotatable bonds is 2. The standard InChI is InChI=1S/C11H15FN2/c1-11(2)8(5-13)10(11)9-4-3-7(12)6-14-9/h3-4,6,8,10H,5,13H2,1-2H3. The molecule has 0 radical (unpaired) electrons. The summed E-state index contributed by atoms with van der Waals surface area (Å²) in [4.78, 5) is 4.10. The molecule has 2 rings (SSSR count). The highest BCUT2D eigenvalue weighted by Gasteiger charge is 2.57. The van der Waals surface area contributed by atoms with Crippen LogP contribution in [-0.4, -0.2) is 11.5 Å². The summed E-state index contributed by atoms with van der Waals surface area (Å²) in [5.74, 6) is 0.602. The molecule has 2 unspecified atom stereocenters. The number of nitrogens with zero attached hydrogens (tertiary/aromatic N) is 1. The lowest BCUT2D eigenvalue weighted by Gasteiger charge is -2.01. The highest BCUT2D eigenvalue weighted by molar-refractivity contribution is 5.26. The lowest BCUT2D eigenvalue weighted by molar-refractivity contribution is 0.556. The Morgan fingerprint density at radius 1 is 1.50 bits per heavy atom. The Bertz CT molecular complexity index is 332. The lowest BCUT2D eigenvalue weighted by atomic mass is 10.1. The van der Waals surface area contributed by atoms with Crippen molar-refractivity contribution in [3.63, 3.8) is 0 Å². The monoisotopic (exact) mass is 194 g/mol. The molecule has 0 amide bonds. The molecule has 1 heterocycles. The van der Waals surface area contributed by atoms with Gasteiger partial charge in [-0.15, -0.1) is 0 Å². The minimum Gasteiger partial charge on any atom is -0.330 e. The van der Waals surface area contributed by atoms with Crippen LogP contribution in [-0.2, 0) is 0 Å². The van der Waals surface area contributed by atoms with Crippen molar-refractivity contribution in [2.24, 2.45) is 17.1 Å². The van der Waals surface area contributed by atoms with E-state index in [1.54, 1.807) is 6.07 Å². The van der Waals surface area contributed by atoms with Crippen molar-refractivity contribution in [1.29, 1.82) is 0 Å². The Kier molecular flexibility index (Phi) is 2.07. The summed E-state index contributed by atoms with van der Waals surface area (Å²) in [6.45, 7) is 5.04. The van der Waals surface area contributed by atoms with Gasteiger partial charge in [0.2, 0.25) is 0 Å². The first kappa shape index (κ1) is 9.59. The molecular weight excluding hydrogens is 179 g/mol. The van der Waals surface area contributed by atoms with E-state index in [1.807, 2.05) is 0 Å². The molecule has 1 fully saturated rings. The molecule has 1 aliphatic carbocycles. The number of pyridine rings is 1. The molecule has 2 N–H and O–H groups in total. The van der Waals surface area contributed by atoms with Crippen molar-refractivity contribution in [1.82, 2.24) is 4.98 Å². The predicted octanol–water partition coefficient (Wildman–Crippen LogP) is 1.92. The molecule has 0 aliphatic heterocycles. The molecule has 2 nitrogen and oxygen atoms in total. The normalized spacial score (nSPS) is 28.9. The Morgan fingerprint density at radius 2 is 2.21 bits per heavy atom. The average Bonchev–Trinajstić information content (AvgIpc) is 2.69. The van der Waals surface area contributed by atoms with Gasteiger partial charge >= 0.3 is 0 Å². The van der Waals surface area contributed by atoms with E-state index in [0.29, 0.717) is 18.4 Å². The maximum absolute atomic E-state index is 12.7. The summed E-state index contributed by atoms with van der Waals surface area (Å²) in [6.07, 6.45) is 1.28. The van der Waals surface area contributed by atoms with Gasteiger partial charge in [0.25, 0.3) is 0 Å². The van der Waals surface area contributed by atoms with E-state index in [2.05, 4.69) is 18.8 Å². The molecule has 0 spiro atoms. The number of halogens is 1. The summed E-state index contributed by atoms with van der Waals surface area (Å²) in [5.41, 5.74) is 6.85. The van der Waals surface area contributed by atoms with Gasteiger partial charge in [-0.05, 0) is 30.0 Å². The first-order valence-corrected chi connectivity index (χ1v) is 4.89. The van der Waals surface area contributed by atoms with Gasteiger partial charge in [0.15, 0.2) is 0 Å². The maximum atomic E-state index is 12.7. The van der Waals surface area contributed by atoms with Crippen LogP contribution in [0.2, 0.25) is 0 Å². The summed E-state index contributed by atoms with van der Waals surface area (Å²) < 4.78 is 12.7. The van der Waals surface area contributed by atoms with Crippen molar-refractivity contribution < 1.29 is 4.39 Å². The predicted molar refractivity (Wildman–Crippen MR) is 53.3 cm³/mol. The SMILES string of the molecule is CC1(C)C(CN)C1c1ccc(F)cn1. The van der Waals surface area contributed by atoms with Crippen LogP contribution in [0.15, 0.2) is 18.3 Å². The zero-order valence-corrected chi connectivity index (χ0v) is 8.50. The minimum atomic E-state index is -0.281. The van der Waals surface area contributed by atoms with E-state index >= 15 is 0 Å². The first-order chi connectivity index (χ1) is 6.57. The topological polar surface area (TPSA) is 38.9 Å². The van der Waals surface area contributed by atoms with Crippen LogP contribution in [0, 0.1) is 17.2 Å². The quantitative estimate of drug-likeness (QED) is 0.781. The Labute approximate surface area is 83.3 Å². The third kappa shape index (κ3) is 1.32. The molecule has 1 aromatic rings. The third-order valence-corrected chi connectivity index (χ3v) is 3.37. The second-order valence-electron chi connectivity index (χ2n) is 4.54. The lowest BCUT2D eigenvalue weighted by Crippen LogP contribution is -2.05. The van der Waals surface area contributed by atoms with E-state index in [-0.39, 0.29) is 11.2 Å². The zero-order valence-electron chi connectivity index (χ0n) is 8.50. The van der Waals surface area contributed by atoms with E-state index in [4.69, 9.17) is 5.73 Å². The molecule has 1 aliphatic rings. The van der Waals surface area contributed by atoms with Crippen molar-refractivity contribution >= 4 is 0 Å². The van der Waals surface area contributed by atoms with Crippen LogP contribution >= 0.6 is 0 Å². The van der Waals surface area contributed by atoms with E-state index in [0.717, 1.165) is 5.69 Å². The van der Waals surface area contributed by atoms with Gasteiger partial charge in [0.1, 0.15) is 5.82 Å². The van der Waals surface area contributed by atoms with Gasteiger partial charge in [0.05, 0.1) is 6.20 Å². The van der Waals surface area contributed by atoms with Crippen molar-refractivity contribution in [2.75, 3.05) is 6.54 Å². The second-order valence-corrected chi connectivity index (χ2v) is 4.54. The Hall–Kier alpha value is -0.960. The number of hydrogen-bond donors (Lipinski definition) is 1. The zero-order chi connectivity index (χ0) is 10.3. The third-order valence-electron chi connectivity index (χ3n) is 3.37. The molecular formula is C11H15FN2. The second kappa shape index (κ2) is 3.02. The number of nitrogens with two attached hydrogens (primary N) is 1. The number of hydrogen-bond acceptors (Lipinski definition) is 2. The van der Waals surface area contributed by atoms with Crippen molar-refractivity contribution in [3.05, 3.63) is 29.8 Å². The van der Waals surface area contributed by atoms with Gasteiger partial charge < -0.3 is 5.73 Å². The van der Waals surface area contributed by atoms with E-state index in [1.165, 1.54) is 12.3 Å². The van der Waals surface area contributed by atoms with Crippen LogP contribution in [0.25, 0.3) is 0 Å². The minimum absolute atomic E-state index is 0.222. The summed E-state index contributed by atoms with van der Waals surface area (Å²) in [5, 5.41) is 0. The Balaban J connectivity index is 2.22. The van der Waals surface area contributed by atoms with Gasteiger partial charge in [-0.2, -0.15) is 0 Å². The largest absolute Gasteiger partial charge is 0.330 e. The highest BCUT2D eigenvalue weighted by Crippen LogP contribution is 2.63. The highest BCUT2D eigenvalue weighted by atomic mass is 19.1. The molecule has 14 heavy (non-hydrogen) atoms. The van der Waals surface area contributed by atoms with E-state index < -0.39 is 0 Å². The molecule has 0 aromatic carbocycles. The van der Waals surface area contributed by atoms with Gasteiger partial charge in [-0.3, -0.25) is 4.98 Å². The molecule has 1 aromatic heterocycles. The molecule has 1 saturated carbocycles. The first-order valence-electron chi connectivity index (χ1n) is 4.89. The van der Waals surface area contributed by atoms with Crippen molar-refractivity contribution in [2.45, 2.75) is 19.8 Å². The number of aromatic nitrogens is 1. The maximum Gasteiger partial charge on any atom is 0.141 e. The molecule has 2 atom stereocenters. The fourth-order valence-electron chi connectivity index (χ4n) is 2.34. The fraction of sp³-hybridized carbons (Fsp3) is 0.545. The van der Waals surface area contributed by atoms with Crippen LogP contribution < -0.4 is 5.73 Å². The van der Waals surface area contributed by atoms with Gasteiger partial charge in [-0.1, -0.05) is 13.8 Å². The van der Waals surface area contributed by atoms with Gasteiger partial charge in [-0.25, -0.2) is 4.39 Å². The molecule has 0 bridgehead atoms.